The van der Waals surface area contributed by atoms with Gasteiger partial charge in [-0.2, -0.15) is 13.2 Å². The second kappa shape index (κ2) is 14.1. The Hall–Kier alpha value is -2.12. The first kappa shape index (κ1) is 29.9. The Morgan fingerprint density at radius 2 is 1.72 bits per heavy atom. The van der Waals surface area contributed by atoms with Crippen LogP contribution in [-0.2, 0) is 11.3 Å². The van der Waals surface area contributed by atoms with Crippen molar-refractivity contribution in [3.05, 3.63) is 23.8 Å². The highest BCUT2D eigenvalue weighted by Gasteiger charge is 2.29. The van der Waals surface area contributed by atoms with Crippen LogP contribution in [0.5, 0.6) is 11.5 Å². The van der Waals surface area contributed by atoms with E-state index in [1.807, 2.05) is 6.92 Å². The Labute approximate surface area is 203 Å². The van der Waals surface area contributed by atoms with Gasteiger partial charge in [-0.05, 0) is 45.4 Å². The minimum absolute atomic E-state index is 0. The number of nitrogens with zero attached hydrogens (tertiary/aromatic N) is 1. The van der Waals surface area contributed by atoms with Crippen LogP contribution < -0.4 is 25.4 Å². The zero-order chi connectivity index (χ0) is 23.5. The standard InChI is InChI=1S/C20H31F3N4O4.HI/c1-6-24-17(25-9-10-26-18(28)31-19(2,3)4)27-12-14-7-8-15(16(11-14)29-5)30-13-20(21,22)23;/h7-8,11H,6,9-10,12-13H2,1-5H3,(H,26,28)(H2,24,25,27);1H. The van der Waals surface area contributed by atoms with Crippen molar-refractivity contribution in [2.45, 2.75) is 46.0 Å². The minimum Gasteiger partial charge on any atom is -0.493 e. The molecule has 1 rings (SSSR count). The number of aliphatic imine (C=N–C) groups is 1. The van der Waals surface area contributed by atoms with Crippen LogP contribution in [0.25, 0.3) is 0 Å². The lowest BCUT2D eigenvalue weighted by Crippen LogP contribution is -2.42. The molecule has 3 N–H and O–H groups in total. The van der Waals surface area contributed by atoms with Gasteiger partial charge in [0.15, 0.2) is 24.1 Å². The molecule has 1 aromatic rings. The summed E-state index contributed by atoms with van der Waals surface area (Å²) in [5.74, 6) is 0.715. The van der Waals surface area contributed by atoms with Crippen molar-refractivity contribution in [3.63, 3.8) is 0 Å². The third kappa shape index (κ3) is 13.3. The van der Waals surface area contributed by atoms with Gasteiger partial charge in [-0.3, -0.25) is 0 Å². The van der Waals surface area contributed by atoms with Gasteiger partial charge in [0.2, 0.25) is 0 Å². The molecule has 0 heterocycles. The quantitative estimate of drug-likeness (QED) is 0.179. The average Bonchev–Trinajstić information content (AvgIpc) is 2.65. The molecule has 0 saturated heterocycles. The number of alkyl halides is 3. The molecule has 1 aromatic carbocycles. The number of halogens is 4. The number of carbonyl (C=O) groups is 1. The SMILES string of the molecule is CCNC(=NCc1ccc(OCC(F)(F)F)c(OC)c1)NCCNC(=O)OC(C)(C)C.I. The van der Waals surface area contributed by atoms with Crippen molar-refractivity contribution < 1.29 is 32.2 Å². The molecule has 0 radical (unpaired) electrons. The van der Waals surface area contributed by atoms with E-state index >= 15 is 0 Å². The Bertz CT molecular complexity index is 741. The molecule has 0 bridgehead atoms. The lowest BCUT2D eigenvalue weighted by Gasteiger charge is -2.20. The van der Waals surface area contributed by atoms with Crippen molar-refractivity contribution in [2.75, 3.05) is 33.4 Å². The van der Waals surface area contributed by atoms with Crippen LogP contribution in [0, 0.1) is 0 Å². The molecule has 0 unspecified atom stereocenters. The van der Waals surface area contributed by atoms with Crippen LogP contribution in [0.15, 0.2) is 23.2 Å². The number of hydrogen-bond acceptors (Lipinski definition) is 5. The normalized spacial score (nSPS) is 11.8. The highest BCUT2D eigenvalue weighted by molar-refractivity contribution is 14.0. The Kier molecular flexibility index (Phi) is 13.2. The van der Waals surface area contributed by atoms with Crippen molar-refractivity contribution in [1.29, 1.82) is 0 Å². The third-order valence-electron chi connectivity index (χ3n) is 3.47. The van der Waals surface area contributed by atoms with Gasteiger partial charge in [-0.1, -0.05) is 6.07 Å². The maximum Gasteiger partial charge on any atom is 0.422 e. The minimum atomic E-state index is -4.43. The molecule has 0 fully saturated rings. The van der Waals surface area contributed by atoms with E-state index in [9.17, 15) is 18.0 Å². The molecular formula is C20H32F3IN4O4. The van der Waals surface area contributed by atoms with E-state index in [2.05, 4.69) is 20.9 Å². The summed E-state index contributed by atoms with van der Waals surface area (Å²) in [6, 6.07) is 4.61. The molecule has 0 aromatic heterocycles. The first-order chi connectivity index (χ1) is 14.4. The number of amides is 1. The number of ether oxygens (including phenoxy) is 3. The van der Waals surface area contributed by atoms with E-state index in [1.54, 1.807) is 32.9 Å². The lowest BCUT2D eigenvalue weighted by atomic mass is 10.2. The molecule has 32 heavy (non-hydrogen) atoms. The zero-order valence-corrected chi connectivity index (χ0v) is 21.2. The molecule has 0 aliphatic carbocycles. The second-order valence-corrected chi connectivity index (χ2v) is 7.44. The summed E-state index contributed by atoms with van der Waals surface area (Å²) in [6.07, 6.45) is -4.94. The van der Waals surface area contributed by atoms with Crippen LogP contribution in [-0.4, -0.2) is 57.2 Å². The Balaban J connectivity index is 0.00000961. The number of guanidine groups is 1. The fourth-order valence-corrected chi connectivity index (χ4v) is 2.26. The van der Waals surface area contributed by atoms with Gasteiger partial charge in [-0.15, -0.1) is 24.0 Å². The molecule has 0 atom stereocenters. The molecule has 0 saturated carbocycles. The van der Waals surface area contributed by atoms with E-state index in [4.69, 9.17) is 14.2 Å². The van der Waals surface area contributed by atoms with Crippen LogP contribution in [0.1, 0.15) is 33.3 Å². The summed E-state index contributed by atoms with van der Waals surface area (Å²) >= 11 is 0. The van der Waals surface area contributed by atoms with Gasteiger partial charge in [0.25, 0.3) is 0 Å². The monoisotopic (exact) mass is 576 g/mol. The van der Waals surface area contributed by atoms with Crippen LogP contribution in [0.4, 0.5) is 18.0 Å². The van der Waals surface area contributed by atoms with Gasteiger partial charge in [0.1, 0.15) is 5.60 Å². The molecule has 1 amide bonds. The second-order valence-electron chi connectivity index (χ2n) is 7.44. The Morgan fingerprint density at radius 1 is 1.06 bits per heavy atom. The lowest BCUT2D eigenvalue weighted by molar-refractivity contribution is -0.153. The zero-order valence-electron chi connectivity index (χ0n) is 18.9. The number of rotatable bonds is 9. The van der Waals surface area contributed by atoms with Crippen LogP contribution in [0.2, 0.25) is 0 Å². The predicted molar refractivity (Wildman–Crippen MR) is 127 cm³/mol. The van der Waals surface area contributed by atoms with E-state index in [-0.39, 0.29) is 42.0 Å². The van der Waals surface area contributed by atoms with Gasteiger partial charge < -0.3 is 30.2 Å². The summed E-state index contributed by atoms with van der Waals surface area (Å²) in [4.78, 5) is 16.1. The average molecular weight is 576 g/mol. The maximum absolute atomic E-state index is 12.4. The summed E-state index contributed by atoms with van der Waals surface area (Å²) in [5.41, 5.74) is 0.155. The Morgan fingerprint density at radius 3 is 2.28 bits per heavy atom. The topological polar surface area (TPSA) is 93.2 Å². The summed E-state index contributed by atoms with van der Waals surface area (Å²) < 4.78 is 52.1. The summed E-state index contributed by atoms with van der Waals surface area (Å²) in [6.45, 7) is 7.49. The molecule has 184 valence electrons. The van der Waals surface area contributed by atoms with Crippen LogP contribution >= 0.6 is 24.0 Å². The number of carbonyl (C=O) groups excluding carboxylic acids is 1. The van der Waals surface area contributed by atoms with Gasteiger partial charge >= 0.3 is 12.3 Å². The van der Waals surface area contributed by atoms with Crippen molar-refractivity contribution in [3.8, 4) is 11.5 Å². The molecular weight excluding hydrogens is 544 g/mol. The van der Waals surface area contributed by atoms with E-state index < -0.39 is 24.5 Å². The molecule has 0 spiro atoms. The highest BCUT2D eigenvalue weighted by Crippen LogP contribution is 2.30. The van der Waals surface area contributed by atoms with Crippen molar-refractivity contribution in [1.82, 2.24) is 16.0 Å². The molecule has 8 nitrogen and oxygen atoms in total. The first-order valence-electron chi connectivity index (χ1n) is 9.79. The number of nitrogens with one attached hydrogen (secondary N) is 3. The van der Waals surface area contributed by atoms with Gasteiger partial charge in [0.05, 0.1) is 13.7 Å². The van der Waals surface area contributed by atoms with Gasteiger partial charge in [-0.25, -0.2) is 9.79 Å². The number of benzene rings is 1. The third-order valence-corrected chi connectivity index (χ3v) is 3.47. The number of hydrogen-bond donors (Lipinski definition) is 3. The van der Waals surface area contributed by atoms with E-state index in [0.29, 0.717) is 25.6 Å². The predicted octanol–water partition coefficient (Wildman–Crippen LogP) is 3.83. The summed E-state index contributed by atoms with van der Waals surface area (Å²) in [5, 5.41) is 8.78. The van der Waals surface area contributed by atoms with E-state index in [1.165, 1.54) is 13.2 Å². The largest absolute Gasteiger partial charge is 0.493 e. The number of alkyl carbamates (subject to hydrolysis) is 1. The van der Waals surface area contributed by atoms with Crippen molar-refractivity contribution >= 4 is 36.0 Å². The molecule has 0 aliphatic rings. The fraction of sp³-hybridized carbons (Fsp3) is 0.600. The fourth-order valence-electron chi connectivity index (χ4n) is 2.26. The van der Waals surface area contributed by atoms with Crippen LogP contribution in [0.3, 0.4) is 0 Å². The first-order valence-corrected chi connectivity index (χ1v) is 9.79. The smallest absolute Gasteiger partial charge is 0.422 e. The van der Waals surface area contributed by atoms with Gasteiger partial charge in [0, 0.05) is 19.6 Å². The molecule has 12 heteroatoms. The number of methoxy groups -OCH3 is 1. The summed E-state index contributed by atoms with van der Waals surface area (Å²) in [7, 11) is 1.35. The van der Waals surface area contributed by atoms with Crippen molar-refractivity contribution in [2.24, 2.45) is 4.99 Å². The highest BCUT2D eigenvalue weighted by atomic mass is 127. The van der Waals surface area contributed by atoms with E-state index in [0.717, 1.165) is 5.56 Å². The maximum atomic E-state index is 12.4. The molecule has 0 aliphatic heterocycles.